The first-order valence-corrected chi connectivity index (χ1v) is 21.3. The van der Waals surface area contributed by atoms with Crippen molar-refractivity contribution in [2.24, 2.45) is 0 Å². The molecule has 0 fully saturated rings. The first kappa shape index (κ1) is 43.8. The fourth-order valence-corrected chi connectivity index (χ4v) is 7.13. The van der Waals surface area contributed by atoms with E-state index in [0.717, 1.165) is 57.3 Å². The summed E-state index contributed by atoms with van der Waals surface area (Å²) in [5.74, 6) is 0. The molecular weight excluding hydrogens is 717 g/mol. The molecule has 7 aromatic rings. The smallest absolute Gasteiger partial charge is 0.0640 e. The van der Waals surface area contributed by atoms with Gasteiger partial charge >= 0.3 is 0 Å². The predicted molar refractivity (Wildman–Crippen MR) is 255 cm³/mol. The lowest BCUT2D eigenvalue weighted by atomic mass is 9.98. The molecule has 7 aromatic carbocycles. The van der Waals surface area contributed by atoms with E-state index in [1.165, 1.54) is 55.5 Å². The van der Waals surface area contributed by atoms with Gasteiger partial charge in [0.25, 0.3) is 0 Å². The van der Waals surface area contributed by atoms with Crippen LogP contribution in [-0.4, -0.2) is 33.7 Å². The molecule has 0 atom stereocenters. The number of anilines is 3. The number of hydrogen-bond acceptors (Lipinski definition) is 4. The molecule has 4 nitrogen and oxygen atoms in total. The fraction of sp³-hybridized carbons (Fsp3) is 0.255. The summed E-state index contributed by atoms with van der Waals surface area (Å²) >= 11 is 0. The van der Waals surface area contributed by atoms with E-state index in [-0.39, 0.29) is 0 Å². The van der Waals surface area contributed by atoms with E-state index in [1.54, 1.807) is 0 Å². The van der Waals surface area contributed by atoms with Crippen molar-refractivity contribution in [3.63, 3.8) is 0 Å². The van der Waals surface area contributed by atoms with Gasteiger partial charge in [-0.25, -0.2) is 0 Å². The van der Waals surface area contributed by atoms with Crippen LogP contribution in [0.1, 0.15) is 53.6 Å². The third-order valence-electron chi connectivity index (χ3n) is 10.7. The van der Waals surface area contributed by atoms with Crippen LogP contribution < -0.4 is 15.1 Å². The van der Waals surface area contributed by atoms with E-state index in [9.17, 15) is 0 Å². The van der Waals surface area contributed by atoms with Gasteiger partial charge in [0, 0.05) is 50.8 Å². The van der Waals surface area contributed by atoms with Gasteiger partial charge in [-0.05, 0) is 133 Å². The van der Waals surface area contributed by atoms with Crippen LogP contribution in [0, 0.1) is 11.3 Å². The second-order valence-electron chi connectivity index (χ2n) is 15.0. The molecule has 0 aliphatic carbocycles. The molecule has 0 bridgehead atoms. The summed E-state index contributed by atoms with van der Waals surface area (Å²) in [6.07, 6.45) is 7.07. The Kier molecular flexibility index (Phi) is 18.2. The molecule has 0 amide bonds. The highest BCUT2D eigenvalue weighted by atomic mass is 15.1. The molecule has 59 heavy (non-hydrogen) atoms. The number of aryl methyl sites for hydroxylation is 6. The molecule has 0 aliphatic heterocycles. The SMILES string of the molecule is CCN(CC)c1ccc(CCc2ccccc2)cc1.CN(C)c1ccc(CCc2cccc3ccccc23)cc1.N#CCCNc1ccc(CCc2ccccc2)cc1. The Labute approximate surface area is 354 Å². The summed E-state index contributed by atoms with van der Waals surface area (Å²) in [5, 5.41) is 14.4. The van der Waals surface area contributed by atoms with Crippen LogP contribution >= 0.6 is 0 Å². The minimum Gasteiger partial charge on any atom is -0.384 e. The Morgan fingerprint density at radius 3 is 1.41 bits per heavy atom. The van der Waals surface area contributed by atoms with Gasteiger partial charge in [0.15, 0.2) is 0 Å². The number of rotatable bonds is 16. The molecule has 0 unspecified atom stereocenters. The molecule has 0 saturated carbocycles. The first-order chi connectivity index (χ1) is 28.9. The van der Waals surface area contributed by atoms with Gasteiger partial charge in [-0.2, -0.15) is 5.26 Å². The minimum atomic E-state index is 0.537. The van der Waals surface area contributed by atoms with Crippen LogP contribution in [0.2, 0.25) is 0 Å². The Hall–Kier alpha value is -6.31. The van der Waals surface area contributed by atoms with Crippen molar-refractivity contribution in [3.05, 3.63) is 209 Å². The maximum atomic E-state index is 8.48. The third kappa shape index (κ3) is 14.9. The lowest BCUT2D eigenvalue weighted by Gasteiger charge is -2.21. The van der Waals surface area contributed by atoms with Crippen LogP contribution in [0.15, 0.2) is 176 Å². The van der Waals surface area contributed by atoms with E-state index in [0.29, 0.717) is 13.0 Å². The molecule has 0 spiro atoms. The van der Waals surface area contributed by atoms with Crippen LogP contribution in [-0.2, 0) is 38.5 Å². The highest BCUT2D eigenvalue weighted by Crippen LogP contribution is 2.21. The monoisotopic (exact) mass is 778 g/mol. The van der Waals surface area contributed by atoms with E-state index in [1.807, 2.05) is 6.07 Å². The van der Waals surface area contributed by atoms with Gasteiger partial charge in [0.2, 0.25) is 0 Å². The molecule has 0 saturated heterocycles. The number of hydrogen-bond donors (Lipinski definition) is 1. The minimum absolute atomic E-state index is 0.537. The predicted octanol–water partition coefficient (Wildman–Crippen LogP) is 12.8. The van der Waals surface area contributed by atoms with Gasteiger partial charge in [-0.15, -0.1) is 0 Å². The van der Waals surface area contributed by atoms with Gasteiger partial charge < -0.3 is 15.1 Å². The number of nitriles is 1. The summed E-state index contributed by atoms with van der Waals surface area (Å²) < 4.78 is 0. The van der Waals surface area contributed by atoms with Crippen LogP contribution in [0.25, 0.3) is 10.8 Å². The van der Waals surface area contributed by atoms with Crippen LogP contribution in [0.5, 0.6) is 0 Å². The zero-order valence-corrected chi connectivity index (χ0v) is 35.7. The molecule has 302 valence electrons. The van der Waals surface area contributed by atoms with Gasteiger partial charge in [-0.1, -0.05) is 140 Å². The highest BCUT2D eigenvalue weighted by Gasteiger charge is 2.04. The Balaban J connectivity index is 0.000000169. The van der Waals surface area contributed by atoms with Crippen LogP contribution in [0.3, 0.4) is 0 Å². The molecule has 0 heterocycles. The average Bonchev–Trinajstić information content (AvgIpc) is 3.29. The molecule has 0 aromatic heterocycles. The molecule has 0 aliphatic rings. The summed E-state index contributed by atoms with van der Waals surface area (Å²) in [5.41, 5.74) is 12.0. The largest absolute Gasteiger partial charge is 0.384 e. The normalized spacial score (nSPS) is 10.4. The Bertz CT molecular complexity index is 2230. The second kappa shape index (κ2) is 24.5. The van der Waals surface area contributed by atoms with Crippen molar-refractivity contribution >= 4 is 27.8 Å². The van der Waals surface area contributed by atoms with Gasteiger partial charge in [-0.3, -0.25) is 0 Å². The van der Waals surface area contributed by atoms with E-state index < -0.39 is 0 Å². The molecule has 0 radical (unpaired) electrons. The lowest BCUT2D eigenvalue weighted by Crippen LogP contribution is -2.21. The highest BCUT2D eigenvalue weighted by molar-refractivity contribution is 5.85. The zero-order chi connectivity index (χ0) is 41.5. The summed E-state index contributed by atoms with van der Waals surface area (Å²) in [7, 11) is 4.15. The number of nitrogens with one attached hydrogen (secondary N) is 1. The van der Waals surface area contributed by atoms with E-state index in [2.05, 4.69) is 219 Å². The number of benzene rings is 7. The number of nitrogens with zero attached hydrogens (tertiary/aromatic N) is 3. The van der Waals surface area contributed by atoms with Crippen molar-refractivity contribution < 1.29 is 0 Å². The van der Waals surface area contributed by atoms with Crippen molar-refractivity contribution in [3.8, 4) is 6.07 Å². The maximum absolute atomic E-state index is 8.48. The Morgan fingerprint density at radius 1 is 0.458 bits per heavy atom. The summed E-state index contributed by atoms with van der Waals surface area (Å²) in [6, 6.07) is 64.9. The molecule has 7 rings (SSSR count). The van der Waals surface area contributed by atoms with Crippen molar-refractivity contribution in [1.82, 2.24) is 0 Å². The first-order valence-electron chi connectivity index (χ1n) is 21.3. The van der Waals surface area contributed by atoms with E-state index >= 15 is 0 Å². The maximum Gasteiger partial charge on any atom is 0.0640 e. The number of fused-ring (bicyclic) bond motifs is 1. The van der Waals surface area contributed by atoms with Crippen molar-refractivity contribution in [2.45, 2.75) is 58.8 Å². The van der Waals surface area contributed by atoms with Crippen molar-refractivity contribution in [1.29, 1.82) is 5.26 Å². The fourth-order valence-electron chi connectivity index (χ4n) is 7.13. The lowest BCUT2D eigenvalue weighted by molar-refractivity contribution is 0.864. The summed E-state index contributed by atoms with van der Waals surface area (Å²) in [4.78, 5) is 4.51. The molecule has 4 heteroatoms. The Morgan fingerprint density at radius 2 is 0.898 bits per heavy atom. The summed E-state index contributed by atoms with van der Waals surface area (Å²) in [6.45, 7) is 7.25. The van der Waals surface area contributed by atoms with E-state index in [4.69, 9.17) is 5.26 Å². The second-order valence-corrected chi connectivity index (χ2v) is 15.0. The quantitative estimate of drug-likeness (QED) is 0.0992. The standard InChI is InChI=1S/C20H21N.C18H23N.C17H18N2/c1-21(2)19-14-11-16(12-15-19)10-13-18-8-5-7-17-6-3-4-9-20(17)18;1-3-19(4-2)18-14-12-17(13-15-18)11-10-16-8-6-5-7-9-16;18-13-4-14-19-17-11-9-16(10-12-17)8-7-15-5-2-1-3-6-15/h3-9,11-12,14-15H,10,13H2,1-2H3;5-9,12-15H,3-4,10-11H2,1-2H3;1-3,5-6,9-12,19H,4,7-8,14H2. The van der Waals surface area contributed by atoms with Gasteiger partial charge in [0.05, 0.1) is 12.5 Å². The van der Waals surface area contributed by atoms with Gasteiger partial charge in [0.1, 0.15) is 0 Å². The topological polar surface area (TPSA) is 42.3 Å². The van der Waals surface area contributed by atoms with Crippen LogP contribution in [0.4, 0.5) is 17.1 Å². The zero-order valence-electron chi connectivity index (χ0n) is 35.7. The molecule has 1 N–H and O–H groups in total. The molecular formula is C55H62N4. The average molecular weight is 779 g/mol. The van der Waals surface area contributed by atoms with Crippen molar-refractivity contribution in [2.75, 3.05) is 48.8 Å². The third-order valence-corrected chi connectivity index (χ3v) is 10.7.